The minimum Gasteiger partial charge on any atom is -0.352 e. The zero-order chi connectivity index (χ0) is 23.9. The Labute approximate surface area is 199 Å². The van der Waals surface area contributed by atoms with Crippen LogP contribution in [0.15, 0.2) is 71.1 Å². The number of carbonyl (C=O) groups excluding carboxylic acids is 1. The number of carbonyl (C=O) groups is 1. The first kappa shape index (κ1) is 21.3. The Kier molecular flexibility index (Phi) is 5.20. The van der Waals surface area contributed by atoms with Gasteiger partial charge < -0.3 is 14.3 Å². The second kappa shape index (κ2) is 8.53. The molecule has 1 amide bonds. The predicted octanol–water partition coefficient (Wildman–Crippen LogP) is 3.56. The number of pyridine rings is 1. The molecule has 4 heterocycles. The maximum absolute atomic E-state index is 15.5. The number of amides is 1. The lowest BCUT2D eigenvalue weighted by Gasteiger charge is -2.35. The zero-order valence-corrected chi connectivity index (χ0v) is 18.6. The monoisotopic (exact) mass is 474 g/mol. The van der Waals surface area contributed by atoms with Crippen molar-refractivity contribution in [3.8, 4) is 11.3 Å². The molecule has 3 aromatic heterocycles. The molecule has 1 unspecified atom stereocenters. The van der Waals surface area contributed by atoms with Crippen LogP contribution in [0.2, 0.25) is 0 Å². The number of aromatic nitrogens is 4. The van der Waals surface area contributed by atoms with Crippen molar-refractivity contribution >= 4 is 17.3 Å². The maximum atomic E-state index is 15.5. The standard InChI is InChI=1S/C25H20F2N6O2/c26-17-1-2-19-22(27)15(12-17)11-16-13-28-5-3-18(16)24-23(19)29-14-21(31-24)32-7-9-33(10-8-32)25(34)20-4-6-30-35-20/h1-6,12-14,22H,7-11H2. The van der Waals surface area contributed by atoms with Crippen molar-refractivity contribution in [1.82, 2.24) is 25.0 Å². The molecule has 6 rings (SSSR count). The Morgan fingerprint density at radius 3 is 2.71 bits per heavy atom. The molecule has 8 nitrogen and oxygen atoms in total. The van der Waals surface area contributed by atoms with Gasteiger partial charge in [-0.3, -0.25) is 14.8 Å². The average Bonchev–Trinajstić information content (AvgIpc) is 3.38. The van der Waals surface area contributed by atoms with Crippen LogP contribution in [-0.2, 0) is 6.42 Å². The highest BCUT2D eigenvalue weighted by Crippen LogP contribution is 2.40. The molecule has 0 radical (unpaired) electrons. The molecule has 10 heteroatoms. The third-order valence-electron chi connectivity index (χ3n) is 6.47. The zero-order valence-electron chi connectivity index (χ0n) is 18.6. The number of nitrogens with zero attached hydrogens (tertiary/aromatic N) is 6. The van der Waals surface area contributed by atoms with E-state index in [2.05, 4.69) is 15.1 Å². The highest BCUT2D eigenvalue weighted by Gasteiger charge is 2.31. The van der Waals surface area contributed by atoms with Crippen LogP contribution >= 0.6 is 0 Å². The number of hydrogen-bond acceptors (Lipinski definition) is 7. The molecule has 0 N–H and O–H groups in total. The summed E-state index contributed by atoms with van der Waals surface area (Å²) < 4.78 is 34.8. The van der Waals surface area contributed by atoms with Gasteiger partial charge in [-0.15, -0.1) is 0 Å². The molecule has 35 heavy (non-hydrogen) atoms. The topological polar surface area (TPSA) is 88.3 Å². The van der Waals surface area contributed by atoms with E-state index in [4.69, 9.17) is 9.51 Å². The predicted molar refractivity (Wildman–Crippen MR) is 124 cm³/mol. The lowest BCUT2D eigenvalue weighted by atomic mass is 9.87. The summed E-state index contributed by atoms with van der Waals surface area (Å²) in [6, 6.07) is 3.37. The Morgan fingerprint density at radius 1 is 1.06 bits per heavy atom. The van der Waals surface area contributed by atoms with E-state index in [9.17, 15) is 9.18 Å². The van der Waals surface area contributed by atoms with Gasteiger partial charge in [-0.1, -0.05) is 11.2 Å². The second-order valence-corrected chi connectivity index (χ2v) is 8.55. The second-order valence-electron chi connectivity index (χ2n) is 8.55. The van der Waals surface area contributed by atoms with Crippen molar-refractivity contribution in [2.45, 2.75) is 12.6 Å². The molecule has 0 spiro atoms. The number of fused-ring (bicyclic) bond motifs is 6. The van der Waals surface area contributed by atoms with E-state index in [0.717, 1.165) is 11.1 Å². The first-order valence-electron chi connectivity index (χ1n) is 11.3. The van der Waals surface area contributed by atoms with Crippen LogP contribution in [0.4, 0.5) is 14.6 Å². The van der Waals surface area contributed by atoms with Crippen molar-refractivity contribution in [1.29, 1.82) is 0 Å². The fraction of sp³-hybridized carbons (Fsp3) is 0.240. The normalized spacial score (nSPS) is 19.4. The summed E-state index contributed by atoms with van der Waals surface area (Å²) in [4.78, 5) is 30.0. The van der Waals surface area contributed by atoms with Crippen LogP contribution < -0.4 is 4.90 Å². The molecular formula is C25H20F2N6O2. The van der Waals surface area contributed by atoms with Gasteiger partial charge in [0.1, 0.15) is 17.8 Å². The molecule has 1 saturated heterocycles. The van der Waals surface area contributed by atoms with Crippen molar-refractivity contribution < 1.29 is 18.1 Å². The number of allylic oxidation sites excluding steroid dienone is 6. The van der Waals surface area contributed by atoms with Gasteiger partial charge >= 0.3 is 0 Å². The maximum Gasteiger partial charge on any atom is 0.292 e. The summed E-state index contributed by atoms with van der Waals surface area (Å²) in [5.41, 5.74) is 3.05. The van der Waals surface area contributed by atoms with Crippen LogP contribution in [0.1, 0.15) is 21.8 Å². The fourth-order valence-corrected chi connectivity index (χ4v) is 4.66. The van der Waals surface area contributed by atoms with Crippen LogP contribution in [-0.4, -0.2) is 63.3 Å². The Morgan fingerprint density at radius 2 is 1.91 bits per heavy atom. The van der Waals surface area contributed by atoms with Gasteiger partial charge in [0.25, 0.3) is 5.91 Å². The third kappa shape index (κ3) is 3.80. The molecule has 2 aliphatic carbocycles. The van der Waals surface area contributed by atoms with Crippen molar-refractivity contribution in [2.24, 2.45) is 0 Å². The summed E-state index contributed by atoms with van der Waals surface area (Å²) in [7, 11) is 0. The third-order valence-corrected chi connectivity index (χ3v) is 6.47. The minimum absolute atomic E-state index is 0.203. The summed E-state index contributed by atoms with van der Waals surface area (Å²) in [5, 5.41) is 3.60. The van der Waals surface area contributed by atoms with E-state index < -0.39 is 12.0 Å². The first-order valence-corrected chi connectivity index (χ1v) is 11.3. The van der Waals surface area contributed by atoms with E-state index in [0.29, 0.717) is 49.0 Å². The molecule has 3 aliphatic rings. The van der Waals surface area contributed by atoms with Gasteiger partial charge in [0.15, 0.2) is 0 Å². The Balaban J connectivity index is 1.35. The average molecular weight is 474 g/mol. The van der Waals surface area contributed by atoms with Crippen LogP contribution in [0.25, 0.3) is 16.8 Å². The first-order chi connectivity index (χ1) is 17.1. The Bertz CT molecular complexity index is 1390. The van der Waals surface area contributed by atoms with Gasteiger partial charge in [-0.2, -0.15) is 0 Å². The van der Waals surface area contributed by atoms with Crippen LogP contribution in [0, 0.1) is 0 Å². The molecule has 0 aromatic carbocycles. The van der Waals surface area contributed by atoms with E-state index in [1.54, 1.807) is 29.6 Å². The van der Waals surface area contributed by atoms with Gasteiger partial charge in [-0.25, -0.2) is 13.8 Å². The molecule has 1 fully saturated rings. The molecule has 3 aromatic rings. The van der Waals surface area contributed by atoms with Crippen molar-refractivity contribution in [3.63, 3.8) is 0 Å². The number of halogens is 2. The van der Waals surface area contributed by atoms with E-state index >= 15 is 4.39 Å². The lowest BCUT2D eigenvalue weighted by Crippen LogP contribution is -2.49. The van der Waals surface area contributed by atoms with Crippen molar-refractivity contribution in [2.75, 3.05) is 31.1 Å². The van der Waals surface area contributed by atoms with Crippen molar-refractivity contribution in [3.05, 3.63) is 83.6 Å². The summed E-state index contributed by atoms with van der Waals surface area (Å²) in [5.74, 6) is 0.127. The van der Waals surface area contributed by atoms with Gasteiger partial charge in [0.05, 0.1) is 23.8 Å². The molecule has 1 aliphatic heterocycles. The van der Waals surface area contributed by atoms with E-state index in [1.165, 1.54) is 24.4 Å². The number of rotatable bonds is 2. The quantitative estimate of drug-likeness (QED) is 0.561. The fourth-order valence-electron chi connectivity index (χ4n) is 4.66. The summed E-state index contributed by atoms with van der Waals surface area (Å²) in [6.07, 6.45) is 9.03. The number of anilines is 1. The van der Waals surface area contributed by atoms with E-state index in [1.807, 2.05) is 11.0 Å². The van der Waals surface area contributed by atoms with E-state index in [-0.39, 0.29) is 23.7 Å². The van der Waals surface area contributed by atoms with Crippen LogP contribution in [0.5, 0.6) is 0 Å². The lowest BCUT2D eigenvalue weighted by molar-refractivity contribution is 0.0704. The summed E-state index contributed by atoms with van der Waals surface area (Å²) >= 11 is 0. The molecular weight excluding hydrogens is 454 g/mol. The molecule has 1 atom stereocenters. The minimum atomic E-state index is -1.50. The highest BCUT2D eigenvalue weighted by atomic mass is 19.1. The molecule has 2 bridgehead atoms. The smallest absolute Gasteiger partial charge is 0.292 e. The molecule has 0 saturated carbocycles. The highest BCUT2D eigenvalue weighted by molar-refractivity contribution is 5.91. The van der Waals surface area contributed by atoms with Crippen LogP contribution in [0.3, 0.4) is 0 Å². The number of piperazine rings is 1. The largest absolute Gasteiger partial charge is 0.352 e. The summed E-state index contributed by atoms with van der Waals surface area (Å²) in [6.45, 7) is 2.06. The van der Waals surface area contributed by atoms with Gasteiger partial charge in [-0.05, 0) is 35.8 Å². The van der Waals surface area contributed by atoms with Gasteiger partial charge in [0, 0.05) is 55.8 Å². The van der Waals surface area contributed by atoms with Gasteiger partial charge in [0.2, 0.25) is 5.76 Å². The SMILES string of the molecule is O=C(c1ccno1)N1CCN(c2cnc3c(n2)-c2ccncc2CC2=CC(F)=CC=C3C2F)CC1. The molecule has 176 valence electrons. The Hall–Kier alpha value is -4.21. The number of alkyl halides is 1. The number of hydrogen-bond donors (Lipinski definition) is 0.